The lowest BCUT2D eigenvalue weighted by atomic mass is 9.98. The van der Waals surface area contributed by atoms with Crippen LogP contribution in [0.3, 0.4) is 0 Å². The number of aryl methyl sites for hydroxylation is 1. The largest absolute Gasteiger partial charge is 0.339 e. The Balaban J connectivity index is 2.29. The number of hydrogen-bond donors (Lipinski definition) is 1. The van der Waals surface area contributed by atoms with E-state index in [1.165, 1.54) is 0 Å². The molecule has 0 spiro atoms. The maximum Gasteiger partial charge on any atom is 0.255 e. The molecule has 1 amide bonds. The highest BCUT2D eigenvalue weighted by atomic mass is 32.2. The van der Waals surface area contributed by atoms with Crippen LogP contribution in [0, 0.1) is 12.8 Å². The van der Waals surface area contributed by atoms with Crippen molar-refractivity contribution >= 4 is 21.6 Å². The van der Waals surface area contributed by atoms with Crippen LogP contribution in [0.4, 0.5) is 5.69 Å². The predicted octanol–water partition coefficient (Wildman–Crippen LogP) is 2.24. The molecule has 1 aliphatic heterocycles. The van der Waals surface area contributed by atoms with Gasteiger partial charge in [0.25, 0.3) is 5.91 Å². The number of benzene rings is 1. The van der Waals surface area contributed by atoms with E-state index in [0.717, 1.165) is 37.8 Å². The molecule has 5 nitrogen and oxygen atoms in total. The van der Waals surface area contributed by atoms with Crippen molar-refractivity contribution < 1.29 is 13.2 Å². The van der Waals surface area contributed by atoms with E-state index in [9.17, 15) is 13.2 Å². The van der Waals surface area contributed by atoms with E-state index in [1.807, 2.05) is 11.8 Å². The van der Waals surface area contributed by atoms with Crippen LogP contribution in [0.25, 0.3) is 0 Å². The Morgan fingerprint density at radius 1 is 1.29 bits per heavy atom. The van der Waals surface area contributed by atoms with Gasteiger partial charge in [0.05, 0.1) is 17.5 Å². The molecule has 0 aliphatic carbocycles. The number of carbonyl (C=O) groups is 1. The highest BCUT2D eigenvalue weighted by Crippen LogP contribution is 2.23. The molecule has 0 aromatic heterocycles. The minimum atomic E-state index is -3.41. The predicted molar refractivity (Wildman–Crippen MR) is 83.9 cm³/mol. The van der Waals surface area contributed by atoms with Gasteiger partial charge in [0.2, 0.25) is 10.0 Å². The van der Waals surface area contributed by atoms with Gasteiger partial charge in [-0.25, -0.2) is 8.42 Å². The smallest absolute Gasteiger partial charge is 0.255 e. The fourth-order valence-electron chi connectivity index (χ4n) is 2.51. The van der Waals surface area contributed by atoms with E-state index in [2.05, 4.69) is 11.6 Å². The SMILES string of the molecule is Cc1ccc(NS(C)(=O)=O)c(C(=O)N2CCC(C)CC2)c1. The summed E-state index contributed by atoms with van der Waals surface area (Å²) in [7, 11) is -3.41. The molecule has 1 N–H and O–H groups in total. The van der Waals surface area contributed by atoms with E-state index in [-0.39, 0.29) is 5.91 Å². The zero-order chi connectivity index (χ0) is 15.6. The fourth-order valence-corrected chi connectivity index (χ4v) is 3.08. The average molecular weight is 310 g/mol. The molecule has 6 heteroatoms. The summed E-state index contributed by atoms with van der Waals surface area (Å²) in [5, 5.41) is 0. The molecule has 21 heavy (non-hydrogen) atoms. The monoisotopic (exact) mass is 310 g/mol. The molecule has 1 saturated heterocycles. The molecule has 1 aliphatic rings. The Hall–Kier alpha value is -1.56. The van der Waals surface area contributed by atoms with Gasteiger partial charge in [-0.2, -0.15) is 0 Å². The van der Waals surface area contributed by atoms with Gasteiger partial charge < -0.3 is 4.90 Å². The van der Waals surface area contributed by atoms with Crippen LogP contribution in [-0.2, 0) is 10.0 Å². The van der Waals surface area contributed by atoms with Crippen molar-refractivity contribution in [3.63, 3.8) is 0 Å². The van der Waals surface area contributed by atoms with Gasteiger partial charge in [0, 0.05) is 13.1 Å². The lowest BCUT2D eigenvalue weighted by molar-refractivity contribution is 0.0698. The molecule has 1 aromatic carbocycles. The standard InChI is InChI=1S/C15H22N2O3S/c1-11-6-8-17(9-7-11)15(18)13-10-12(2)4-5-14(13)16-21(3,19)20/h4-5,10-11,16H,6-9H2,1-3H3. The Kier molecular flexibility index (Phi) is 4.56. The number of rotatable bonds is 3. The van der Waals surface area contributed by atoms with Crippen molar-refractivity contribution in [3.8, 4) is 0 Å². The second-order valence-corrected chi connectivity index (χ2v) is 7.65. The highest BCUT2D eigenvalue weighted by molar-refractivity contribution is 7.92. The molecular formula is C15H22N2O3S. The number of nitrogens with zero attached hydrogens (tertiary/aromatic N) is 1. The molecule has 1 heterocycles. The summed E-state index contributed by atoms with van der Waals surface area (Å²) in [6.07, 6.45) is 3.07. The van der Waals surface area contributed by atoms with Crippen LogP contribution in [0.2, 0.25) is 0 Å². The molecule has 2 rings (SSSR count). The average Bonchev–Trinajstić information content (AvgIpc) is 2.39. The zero-order valence-electron chi connectivity index (χ0n) is 12.7. The van der Waals surface area contributed by atoms with Crippen LogP contribution < -0.4 is 4.72 Å². The molecule has 0 saturated carbocycles. The van der Waals surface area contributed by atoms with E-state index in [0.29, 0.717) is 17.2 Å². The van der Waals surface area contributed by atoms with Crippen molar-refractivity contribution in [2.75, 3.05) is 24.1 Å². The van der Waals surface area contributed by atoms with Crippen molar-refractivity contribution in [2.24, 2.45) is 5.92 Å². The summed E-state index contributed by atoms with van der Waals surface area (Å²) in [5.41, 5.74) is 1.71. The molecule has 0 radical (unpaired) electrons. The molecule has 116 valence electrons. The first-order valence-electron chi connectivity index (χ1n) is 7.14. The number of sulfonamides is 1. The van der Waals surface area contributed by atoms with E-state index in [4.69, 9.17) is 0 Å². The quantitative estimate of drug-likeness (QED) is 0.931. The van der Waals surface area contributed by atoms with Crippen molar-refractivity contribution in [2.45, 2.75) is 26.7 Å². The first kappa shape index (κ1) is 15.8. The lowest BCUT2D eigenvalue weighted by Crippen LogP contribution is -2.38. The Bertz CT molecular complexity index is 632. The third-order valence-electron chi connectivity index (χ3n) is 3.77. The fraction of sp³-hybridized carbons (Fsp3) is 0.533. The number of hydrogen-bond acceptors (Lipinski definition) is 3. The molecule has 0 bridgehead atoms. The summed E-state index contributed by atoms with van der Waals surface area (Å²) in [6.45, 7) is 5.53. The van der Waals surface area contributed by atoms with Gasteiger partial charge in [-0.05, 0) is 37.8 Å². The first-order chi connectivity index (χ1) is 9.76. The maximum absolute atomic E-state index is 12.7. The van der Waals surface area contributed by atoms with Crippen LogP contribution in [-0.4, -0.2) is 38.6 Å². The van der Waals surface area contributed by atoms with Crippen molar-refractivity contribution in [3.05, 3.63) is 29.3 Å². The minimum Gasteiger partial charge on any atom is -0.339 e. The number of piperidine rings is 1. The van der Waals surface area contributed by atoms with E-state index in [1.54, 1.807) is 18.2 Å². The molecule has 1 aromatic rings. The van der Waals surface area contributed by atoms with Crippen LogP contribution in [0.5, 0.6) is 0 Å². The molecule has 0 atom stereocenters. The van der Waals surface area contributed by atoms with Gasteiger partial charge in [-0.15, -0.1) is 0 Å². The number of carbonyl (C=O) groups excluding carboxylic acids is 1. The van der Waals surface area contributed by atoms with E-state index >= 15 is 0 Å². The topological polar surface area (TPSA) is 66.5 Å². The van der Waals surface area contributed by atoms with Crippen LogP contribution >= 0.6 is 0 Å². The Morgan fingerprint density at radius 3 is 2.48 bits per heavy atom. The number of nitrogens with one attached hydrogen (secondary N) is 1. The number of anilines is 1. The molecule has 1 fully saturated rings. The van der Waals surface area contributed by atoms with Crippen LogP contribution in [0.1, 0.15) is 35.7 Å². The van der Waals surface area contributed by atoms with Gasteiger partial charge in [-0.1, -0.05) is 18.6 Å². The third kappa shape index (κ3) is 4.20. The van der Waals surface area contributed by atoms with Gasteiger partial charge in [0.15, 0.2) is 0 Å². The van der Waals surface area contributed by atoms with Gasteiger partial charge in [0.1, 0.15) is 0 Å². The highest BCUT2D eigenvalue weighted by Gasteiger charge is 2.24. The van der Waals surface area contributed by atoms with Crippen LogP contribution in [0.15, 0.2) is 18.2 Å². The number of amides is 1. The minimum absolute atomic E-state index is 0.100. The Morgan fingerprint density at radius 2 is 1.90 bits per heavy atom. The molecule has 0 unspecified atom stereocenters. The van der Waals surface area contributed by atoms with Gasteiger partial charge >= 0.3 is 0 Å². The first-order valence-corrected chi connectivity index (χ1v) is 9.03. The summed E-state index contributed by atoms with van der Waals surface area (Å²) in [6, 6.07) is 5.19. The maximum atomic E-state index is 12.7. The summed E-state index contributed by atoms with van der Waals surface area (Å²) in [4.78, 5) is 14.5. The summed E-state index contributed by atoms with van der Waals surface area (Å²) >= 11 is 0. The lowest BCUT2D eigenvalue weighted by Gasteiger charge is -2.31. The second kappa shape index (κ2) is 6.05. The zero-order valence-corrected chi connectivity index (χ0v) is 13.5. The Labute approximate surface area is 126 Å². The number of likely N-dealkylation sites (tertiary alicyclic amines) is 1. The van der Waals surface area contributed by atoms with Gasteiger partial charge in [-0.3, -0.25) is 9.52 Å². The van der Waals surface area contributed by atoms with Crippen molar-refractivity contribution in [1.82, 2.24) is 4.90 Å². The second-order valence-electron chi connectivity index (χ2n) is 5.90. The summed E-state index contributed by atoms with van der Waals surface area (Å²) in [5.74, 6) is 0.539. The molecular weight excluding hydrogens is 288 g/mol. The third-order valence-corrected chi connectivity index (χ3v) is 4.36. The summed E-state index contributed by atoms with van der Waals surface area (Å²) < 4.78 is 25.3. The normalized spacial score (nSPS) is 16.8. The van der Waals surface area contributed by atoms with Crippen molar-refractivity contribution in [1.29, 1.82) is 0 Å². The van der Waals surface area contributed by atoms with E-state index < -0.39 is 10.0 Å².